The Morgan fingerprint density at radius 3 is 2.22 bits per heavy atom. The molecule has 0 aliphatic carbocycles. The van der Waals surface area contributed by atoms with Crippen LogP contribution in [-0.2, 0) is 4.74 Å². The van der Waals surface area contributed by atoms with E-state index in [1.807, 2.05) is 95.6 Å². The largest absolute Gasteiger partial charge is 0.343 e. The van der Waals surface area contributed by atoms with Crippen LogP contribution in [0.4, 0.5) is 22.9 Å². The Hall–Kier alpha value is -3.42. The quantitative estimate of drug-likeness (QED) is 0.397. The molecule has 1 N–H and O–H groups in total. The maximum Gasteiger partial charge on any atom is 0.277 e. The Morgan fingerprint density at radius 1 is 0.906 bits per heavy atom. The number of H-pyrrole nitrogens is 1. The topological polar surface area (TPSA) is 61.5 Å². The summed E-state index contributed by atoms with van der Waals surface area (Å²) in [6.07, 6.45) is -0.574. The van der Waals surface area contributed by atoms with Gasteiger partial charge in [0.05, 0.1) is 0 Å². The molecule has 160 valence electrons. The minimum Gasteiger partial charge on any atom is -0.343 e. The predicted molar refractivity (Wildman–Crippen MR) is 131 cm³/mol. The summed E-state index contributed by atoms with van der Waals surface area (Å²) >= 11 is 3.48. The lowest BCUT2D eigenvalue weighted by atomic mass is 10.1. The van der Waals surface area contributed by atoms with Crippen molar-refractivity contribution in [3.63, 3.8) is 0 Å². The van der Waals surface area contributed by atoms with Crippen LogP contribution in [0.2, 0.25) is 0 Å². The smallest absolute Gasteiger partial charge is 0.277 e. The minimum absolute atomic E-state index is 0.228. The molecule has 1 unspecified atom stereocenters. The second-order valence-electron chi connectivity index (χ2n) is 7.57. The zero-order chi connectivity index (χ0) is 22.2. The number of halogens is 1. The van der Waals surface area contributed by atoms with E-state index >= 15 is 0 Å². The Morgan fingerprint density at radius 2 is 1.56 bits per heavy atom. The Balaban J connectivity index is 1.74. The van der Waals surface area contributed by atoms with Gasteiger partial charge in [0.15, 0.2) is 11.5 Å². The number of aromatic nitrogens is 2. The molecule has 0 radical (unpaired) electrons. The number of ether oxygens (including phenoxy) is 1. The van der Waals surface area contributed by atoms with E-state index in [1.54, 1.807) is 7.11 Å². The molecule has 1 aliphatic heterocycles. The number of nitrogens with zero attached hydrogens (tertiary/aromatic N) is 3. The van der Waals surface area contributed by atoms with Crippen LogP contribution in [0.25, 0.3) is 11.4 Å². The second-order valence-corrected chi connectivity index (χ2v) is 8.48. The lowest BCUT2D eigenvalue weighted by molar-refractivity contribution is 0.118. The van der Waals surface area contributed by atoms with E-state index in [0.717, 1.165) is 27.0 Å². The molecule has 2 heterocycles. The van der Waals surface area contributed by atoms with Gasteiger partial charge in [-0.25, -0.2) is 4.98 Å². The summed E-state index contributed by atoms with van der Waals surface area (Å²) in [5.74, 6) is 1.06. The van der Waals surface area contributed by atoms with Gasteiger partial charge >= 0.3 is 0 Å². The van der Waals surface area contributed by atoms with Crippen molar-refractivity contribution in [2.75, 3.05) is 16.9 Å². The van der Waals surface area contributed by atoms with Gasteiger partial charge in [0.2, 0.25) is 6.35 Å². The summed E-state index contributed by atoms with van der Waals surface area (Å²) in [6, 6.07) is 25.5. The lowest BCUT2D eigenvalue weighted by Crippen LogP contribution is -2.40. The van der Waals surface area contributed by atoms with Crippen LogP contribution >= 0.6 is 15.9 Å². The number of aromatic amines is 1. The molecule has 32 heavy (non-hydrogen) atoms. The molecule has 3 aromatic carbocycles. The number of aryl methyl sites for hydroxylation is 1. The summed E-state index contributed by atoms with van der Waals surface area (Å²) in [4.78, 5) is 25.1. The molecule has 6 nitrogen and oxygen atoms in total. The first kappa shape index (κ1) is 20.5. The molecule has 0 amide bonds. The first-order valence-corrected chi connectivity index (χ1v) is 11.0. The molecule has 1 atom stereocenters. The van der Waals surface area contributed by atoms with Gasteiger partial charge in [-0.05, 0) is 43.3 Å². The number of benzene rings is 3. The molecular weight excluding hydrogens is 468 g/mol. The van der Waals surface area contributed by atoms with Crippen LogP contribution < -0.4 is 15.4 Å². The second kappa shape index (κ2) is 8.26. The zero-order valence-corrected chi connectivity index (χ0v) is 19.2. The third kappa shape index (κ3) is 3.49. The van der Waals surface area contributed by atoms with Crippen LogP contribution in [0.5, 0.6) is 0 Å². The van der Waals surface area contributed by atoms with E-state index in [0.29, 0.717) is 17.3 Å². The van der Waals surface area contributed by atoms with Gasteiger partial charge in [-0.15, -0.1) is 0 Å². The monoisotopic (exact) mass is 488 g/mol. The highest BCUT2D eigenvalue weighted by Gasteiger charge is 2.42. The van der Waals surface area contributed by atoms with Crippen LogP contribution in [0.1, 0.15) is 5.56 Å². The Labute approximate surface area is 194 Å². The van der Waals surface area contributed by atoms with Crippen LogP contribution in [0.15, 0.2) is 88.1 Å². The number of anilines is 4. The summed E-state index contributed by atoms with van der Waals surface area (Å²) in [5, 5.41) is 0. The van der Waals surface area contributed by atoms with E-state index in [1.165, 1.54) is 0 Å². The first-order valence-electron chi connectivity index (χ1n) is 10.2. The van der Waals surface area contributed by atoms with E-state index in [4.69, 9.17) is 9.72 Å². The fourth-order valence-electron chi connectivity index (χ4n) is 3.93. The van der Waals surface area contributed by atoms with Crippen molar-refractivity contribution in [1.29, 1.82) is 0 Å². The van der Waals surface area contributed by atoms with Gasteiger partial charge in [0.25, 0.3) is 5.56 Å². The fourth-order valence-corrected chi connectivity index (χ4v) is 4.19. The van der Waals surface area contributed by atoms with Crippen molar-refractivity contribution >= 4 is 38.8 Å². The van der Waals surface area contributed by atoms with Crippen molar-refractivity contribution in [3.8, 4) is 11.4 Å². The highest BCUT2D eigenvalue weighted by atomic mass is 79.9. The molecule has 0 fully saturated rings. The molecule has 0 bridgehead atoms. The molecule has 0 saturated heterocycles. The maximum absolute atomic E-state index is 13.4. The Kier molecular flexibility index (Phi) is 5.28. The maximum atomic E-state index is 13.4. The number of fused-ring (bicyclic) bond motifs is 1. The van der Waals surface area contributed by atoms with Crippen molar-refractivity contribution in [2.45, 2.75) is 13.3 Å². The highest BCUT2D eigenvalue weighted by Crippen LogP contribution is 2.45. The Bertz CT molecular complexity index is 1300. The van der Waals surface area contributed by atoms with Gasteiger partial charge in [-0.1, -0.05) is 64.0 Å². The van der Waals surface area contributed by atoms with Crippen LogP contribution in [0.3, 0.4) is 0 Å². The lowest BCUT2D eigenvalue weighted by Gasteiger charge is -2.30. The molecule has 1 aliphatic rings. The first-order chi connectivity index (χ1) is 15.6. The van der Waals surface area contributed by atoms with Crippen LogP contribution in [0, 0.1) is 6.92 Å². The highest BCUT2D eigenvalue weighted by molar-refractivity contribution is 9.10. The number of hydrogen-bond donors (Lipinski definition) is 1. The van der Waals surface area contributed by atoms with Crippen molar-refractivity contribution in [3.05, 3.63) is 99.3 Å². The minimum atomic E-state index is -0.574. The van der Waals surface area contributed by atoms with Crippen molar-refractivity contribution < 1.29 is 4.74 Å². The number of hydrogen-bond acceptors (Lipinski definition) is 5. The third-order valence-corrected chi connectivity index (χ3v) is 5.99. The molecule has 5 rings (SSSR count). The fraction of sp³-hybridized carbons (Fsp3) is 0.120. The average molecular weight is 489 g/mol. The van der Waals surface area contributed by atoms with Gasteiger partial charge in [-0.3, -0.25) is 14.6 Å². The molecular formula is C25H21BrN4O2. The van der Waals surface area contributed by atoms with Crippen LogP contribution in [-0.4, -0.2) is 23.4 Å². The SMILES string of the molecule is COC1N(c2ccccc2)c2nc(-c3ccc(C)cc3)[nH]c(=O)c2N1c1ccc(Br)cc1. The predicted octanol–water partition coefficient (Wildman–Crippen LogP) is 5.73. The molecule has 1 aromatic heterocycles. The summed E-state index contributed by atoms with van der Waals surface area (Å²) in [6.45, 7) is 2.03. The van der Waals surface area contributed by atoms with Crippen molar-refractivity contribution in [2.24, 2.45) is 0 Å². The van der Waals surface area contributed by atoms with Gasteiger partial charge in [0, 0.05) is 28.5 Å². The summed E-state index contributed by atoms with van der Waals surface area (Å²) in [7, 11) is 1.63. The number of para-hydroxylation sites is 1. The number of methoxy groups -OCH3 is 1. The van der Waals surface area contributed by atoms with E-state index in [-0.39, 0.29) is 5.56 Å². The number of nitrogens with one attached hydrogen (secondary N) is 1. The molecule has 0 saturated carbocycles. The molecule has 4 aromatic rings. The van der Waals surface area contributed by atoms with Crippen molar-refractivity contribution in [1.82, 2.24) is 9.97 Å². The molecule has 7 heteroatoms. The van der Waals surface area contributed by atoms with Gasteiger partial charge < -0.3 is 9.72 Å². The zero-order valence-electron chi connectivity index (χ0n) is 17.6. The number of rotatable bonds is 4. The third-order valence-electron chi connectivity index (χ3n) is 5.46. The molecule has 0 spiro atoms. The van der Waals surface area contributed by atoms with E-state index in [9.17, 15) is 4.79 Å². The summed E-state index contributed by atoms with van der Waals surface area (Å²) < 4.78 is 6.88. The van der Waals surface area contributed by atoms with Gasteiger partial charge in [-0.2, -0.15) is 0 Å². The average Bonchev–Trinajstić information content (AvgIpc) is 3.15. The van der Waals surface area contributed by atoms with E-state index in [2.05, 4.69) is 20.9 Å². The van der Waals surface area contributed by atoms with E-state index < -0.39 is 6.35 Å². The normalized spacial score (nSPS) is 15.2. The van der Waals surface area contributed by atoms with Gasteiger partial charge in [0.1, 0.15) is 5.82 Å². The standard InChI is InChI=1S/C25H21BrN4O2/c1-16-8-10-17(11-9-16)22-27-23-21(24(31)28-22)29(20-14-12-18(26)13-15-20)25(32-2)30(23)19-6-4-3-5-7-19/h3-15,25H,1-2H3,(H,27,28,31). The summed E-state index contributed by atoms with van der Waals surface area (Å²) in [5.41, 5.74) is 3.92.